The standard InChI is InChI=1S/C14H20N2O3.ClH/c1-18-13-9-16(8-7-12(13)15)14(17)19-10-11-5-3-2-4-6-11;/h2-6,12-13H,7-10,15H2,1H3;1H/t12-,13-;/m0./s1. The van der Waals surface area contributed by atoms with Crippen LogP contribution in [-0.2, 0) is 16.1 Å². The number of hydrogen-bond donors (Lipinski definition) is 1. The van der Waals surface area contributed by atoms with Gasteiger partial charge in [-0.05, 0) is 12.0 Å². The molecule has 1 fully saturated rings. The molecule has 0 aromatic heterocycles. The predicted octanol–water partition coefficient (Wildman–Crippen LogP) is 1.79. The number of likely N-dealkylation sites (tertiary alicyclic amines) is 1. The van der Waals surface area contributed by atoms with Gasteiger partial charge in [0.25, 0.3) is 0 Å². The molecule has 112 valence electrons. The van der Waals surface area contributed by atoms with E-state index in [-0.39, 0.29) is 30.6 Å². The smallest absolute Gasteiger partial charge is 0.410 e. The van der Waals surface area contributed by atoms with Gasteiger partial charge in [0.1, 0.15) is 6.61 Å². The number of carbonyl (C=O) groups is 1. The first-order chi connectivity index (χ1) is 9.20. The van der Waals surface area contributed by atoms with Gasteiger partial charge in [-0.25, -0.2) is 4.79 Å². The van der Waals surface area contributed by atoms with Gasteiger partial charge in [-0.3, -0.25) is 0 Å². The van der Waals surface area contributed by atoms with Crippen LogP contribution in [-0.4, -0.2) is 43.3 Å². The van der Waals surface area contributed by atoms with Gasteiger partial charge < -0.3 is 20.1 Å². The summed E-state index contributed by atoms with van der Waals surface area (Å²) in [5, 5.41) is 0. The van der Waals surface area contributed by atoms with Crippen molar-refractivity contribution in [3.05, 3.63) is 35.9 Å². The van der Waals surface area contributed by atoms with Gasteiger partial charge in [0.15, 0.2) is 0 Å². The molecule has 5 nitrogen and oxygen atoms in total. The molecule has 1 aromatic carbocycles. The van der Waals surface area contributed by atoms with Crippen molar-refractivity contribution in [2.24, 2.45) is 5.73 Å². The minimum absolute atomic E-state index is 0. The quantitative estimate of drug-likeness (QED) is 0.924. The van der Waals surface area contributed by atoms with Crippen LogP contribution in [0.1, 0.15) is 12.0 Å². The van der Waals surface area contributed by atoms with Crippen LogP contribution < -0.4 is 5.73 Å². The van der Waals surface area contributed by atoms with E-state index in [4.69, 9.17) is 15.2 Å². The highest BCUT2D eigenvalue weighted by Gasteiger charge is 2.29. The van der Waals surface area contributed by atoms with Crippen molar-refractivity contribution in [1.29, 1.82) is 0 Å². The number of carbonyl (C=O) groups excluding carboxylic acids is 1. The molecule has 1 saturated heterocycles. The number of ether oxygens (including phenoxy) is 2. The third-order valence-corrected chi connectivity index (χ3v) is 3.38. The molecule has 1 heterocycles. The zero-order valence-electron chi connectivity index (χ0n) is 11.5. The zero-order chi connectivity index (χ0) is 13.7. The van der Waals surface area contributed by atoms with Crippen LogP contribution in [0.15, 0.2) is 30.3 Å². The van der Waals surface area contributed by atoms with Crippen molar-refractivity contribution in [3.63, 3.8) is 0 Å². The molecule has 0 aliphatic carbocycles. The van der Waals surface area contributed by atoms with Crippen LogP contribution in [0.25, 0.3) is 0 Å². The van der Waals surface area contributed by atoms with Crippen molar-refractivity contribution in [3.8, 4) is 0 Å². The monoisotopic (exact) mass is 300 g/mol. The average Bonchev–Trinajstić information content (AvgIpc) is 2.46. The van der Waals surface area contributed by atoms with E-state index in [0.29, 0.717) is 19.7 Å². The third-order valence-electron chi connectivity index (χ3n) is 3.38. The molecule has 0 bridgehead atoms. The Morgan fingerprint density at radius 3 is 2.75 bits per heavy atom. The second-order valence-corrected chi connectivity index (χ2v) is 4.71. The van der Waals surface area contributed by atoms with Crippen molar-refractivity contribution < 1.29 is 14.3 Å². The molecule has 6 heteroatoms. The number of nitrogens with zero attached hydrogens (tertiary/aromatic N) is 1. The SMILES string of the molecule is CO[C@H]1CN(C(=O)OCc2ccccc2)CC[C@@H]1N.Cl. The van der Waals surface area contributed by atoms with Crippen LogP contribution in [0.4, 0.5) is 4.79 Å². The number of methoxy groups -OCH3 is 1. The molecule has 0 saturated carbocycles. The van der Waals surface area contributed by atoms with E-state index in [1.807, 2.05) is 30.3 Å². The van der Waals surface area contributed by atoms with E-state index in [1.165, 1.54) is 0 Å². The summed E-state index contributed by atoms with van der Waals surface area (Å²) in [6.45, 7) is 1.40. The highest BCUT2D eigenvalue weighted by atomic mass is 35.5. The van der Waals surface area contributed by atoms with Crippen molar-refractivity contribution in [1.82, 2.24) is 4.90 Å². The molecule has 2 N–H and O–H groups in total. The molecular formula is C14H21ClN2O3. The molecule has 1 aromatic rings. The maximum atomic E-state index is 11.9. The number of piperidine rings is 1. The second-order valence-electron chi connectivity index (χ2n) is 4.71. The number of hydrogen-bond acceptors (Lipinski definition) is 4. The van der Waals surface area contributed by atoms with Gasteiger partial charge in [-0.1, -0.05) is 30.3 Å². The molecule has 0 radical (unpaired) electrons. The summed E-state index contributed by atoms with van der Waals surface area (Å²) in [5.41, 5.74) is 6.89. The summed E-state index contributed by atoms with van der Waals surface area (Å²) < 4.78 is 10.6. The normalized spacial score (nSPS) is 22.0. The van der Waals surface area contributed by atoms with Crippen molar-refractivity contribution in [2.75, 3.05) is 20.2 Å². The predicted molar refractivity (Wildman–Crippen MR) is 78.8 cm³/mol. The van der Waals surface area contributed by atoms with Crippen LogP contribution in [0.3, 0.4) is 0 Å². The number of amides is 1. The Kier molecular flexibility index (Phi) is 6.78. The summed E-state index contributed by atoms with van der Waals surface area (Å²) in [7, 11) is 1.61. The molecule has 2 atom stereocenters. The minimum atomic E-state index is -0.308. The summed E-state index contributed by atoms with van der Waals surface area (Å²) in [6.07, 6.45) is 0.315. The number of benzene rings is 1. The fourth-order valence-electron chi connectivity index (χ4n) is 2.16. The van der Waals surface area contributed by atoms with Gasteiger partial charge in [-0.2, -0.15) is 0 Å². The van der Waals surface area contributed by atoms with Gasteiger partial charge >= 0.3 is 6.09 Å². The van der Waals surface area contributed by atoms with E-state index in [2.05, 4.69) is 0 Å². The van der Waals surface area contributed by atoms with E-state index in [9.17, 15) is 4.79 Å². The van der Waals surface area contributed by atoms with Crippen LogP contribution in [0, 0.1) is 0 Å². The Bertz CT molecular complexity index is 416. The Balaban J connectivity index is 0.00000200. The highest BCUT2D eigenvalue weighted by Crippen LogP contribution is 2.13. The molecule has 0 spiro atoms. The lowest BCUT2D eigenvalue weighted by atomic mass is 10.0. The summed E-state index contributed by atoms with van der Waals surface area (Å²) in [5.74, 6) is 0. The van der Waals surface area contributed by atoms with E-state index in [1.54, 1.807) is 12.0 Å². The number of halogens is 1. The van der Waals surface area contributed by atoms with Crippen LogP contribution >= 0.6 is 12.4 Å². The summed E-state index contributed by atoms with van der Waals surface area (Å²) >= 11 is 0. The van der Waals surface area contributed by atoms with Crippen molar-refractivity contribution >= 4 is 18.5 Å². The molecule has 1 aliphatic rings. The zero-order valence-corrected chi connectivity index (χ0v) is 12.3. The molecule has 1 amide bonds. The lowest BCUT2D eigenvalue weighted by molar-refractivity contribution is 0.0107. The second kappa shape index (κ2) is 8.09. The lowest BCUT2D eigenvalue weighted by Crippen LogP contribution is -2.53. The lowest BCUT2D eigenvalue weighted by Gasteiger charge is -2.35. The Hall–Kier alpha value is -1.30. The topological polar surface area (TPSA) is 64.8 Å². The Morgan fingerprint density at radius 1 is 1.40 bits per heavy atom. The minimum Gasteiger partial charge on any atom is -0.445 e. The Labute approximate surface area is 125 Å². The largest absolute Gasteiger partial charge is 0.445 e. The Morgan fingerprint density at radius 2 is 2.10 bits per heavy atom. The van der Waals surface area contributed by atoms with E-state index >= 15 is 0 Å². The van der Waals surface area contributed by atoms with Gasteiger partial charge in [0, 0.05) is 19.7 Å². The fraction of sp³-hybridized carbons (Fsp3) is 0.500. The molecule has 0 unspecified atom stereocenters. The average molecular weight is 301 g/mol. The molecule has 2 rings (SSSR count). The maximum absolute atomic E-state index is 11.9. The highest BCUT2D eigenvalue weighted by molar-refractivity contribution is 5.85. The first kappa shape index (κ1) is 16.8. The fourth-order valence-corrected chi connectivity index (χ4v) is 2.16. The number of rotatable bonds is 3. The van der Waals surface area contributed by atoms with E-state index < -0.39 is 0 Å². The molecule has 1 aliphatic heterocycles. The molecule has 20 heavy (non-hydrogen) atoms. The van der Waals surface area contributed by atoms with Gasteiger partial charge in [-0.15, -0.1) is 12.4 Å². The van der Waals surface area contributed by atoms with Gasteiger partial charge in [0.05, 0.1) is 12.6 Å². The summed E-state index contributed by atoms with van der Waals surface area (Å²) in [6, 6.07) is 9.62. The van der Waals surface area contributed by atoms with E-state index in [0.717, 1.165) is 12.0 Å². The maximum Gasteiger partial charge on any atom is 0.410 e. The summed E-state index contributed by atoms with van der Waals surface area (Å²) in [4.78, 5) is 13.6. The van der Waals surface area contributed by atoms with Crippen LogP contribution in [0.2, 0.25) is 0 Å². The third kappa shape index (κ3) is 4.37. The van der Waals surface area contributed by atoms with Crippen LogP contribution in [0.5, 0.6) is 0 Å². The first-order valence-electron chi connectivity index (χ1n) is 6.44. The molecular weight excluding hydrogens is 280 g/mol. The first-order valence-corrected chi connectivity index (χ1v) is 6.44. The van der Waals surface area contributed by atoms with Gasteiger partial charge in [0.2, 0.25) is 0 Å². The number of nitrogens with two attached hydrogens (primary N) is 1. The van der Waals surface area contributed by atoms with Crippen molar-refractivity contribution in [2.45, 2.75) is 25.2 Å².